The number of hydrogen-bond acceptors (Lipinski definition) is 2. The van der Waals surface area contributed by atoms with Crippen LogP contribution in [0.3, 0.4) is 0 Å². The summed E-state index contributed by atoms with van der Waals surface area (Å²) in [5, 5.41) is 4.49. The fourth-order valence-electron chi connectivity index (χ4n) is 3.49. The first kappa shape index (κ1) is 16.8. The van der Waals surface area contributed by atoms with Gasteiger partial charge >= 0.3 is 165 Å². The van der Waals surface area contributed by atoms with E-state index in [1.165, 1.54) is 0 Å². The van der Waals surface area contributed by atoms with E-state index in [1.807, 2.05) is 23.6 Å². The predicted molar refractivity (Wildman–Crippen MR) is 84.3 cm³/mol. The minimum atomic E-state index is -1.44. The zero-order valence-corrected chi connectivity index (χ0v) is 18.0. The summed E-state index contributed by atoms with van der Waals surface area (Å²) in [6.07, 6.45) is 0. The number of nitrogens with zero attached hydrogens (tertiary/aromatic N) is 3. The summed E-state index contributed by atoms with van der Waals surface area (Å²) in [6, 6.07) is 0.173. The molecule has 6 heteroatoms. The number of aryl methyl sites for hydroxylation is 2. The van der Waals surface area contributed by atoms with Crippen LogP contribution in [0.5, 0.6) is 0 Å². The van der Waals surface area contributed by atoms with E-state index in [2.05, 4.69) is 48.5 Å². The van der Waals surface area contributed by atoms with Crippen molar-refractivity contribution >= 4 is 71.5 Å². The Bertz CT molecular complexity index is 510. The van der Waals surface area contributed by atoms with E-state index in [9.17, 15) is 0 Å². The number of alkyl halides is 2. The first-order valence-electron chi connectivity index (χ1n) is 6.69. The molecule has 0 saturated carbocycles. The van der Waals surface area contributed by atoms with Crippen LogP contribution in [0.25, 0.3) is 0 Å². The Morgan fingerprint density at radius 3 is 2.42 bits per heavy atom. The van der Waals surface area contributed by atoms with Crippen molar-refractivity contribution in [3.05, 3.63) is 17.0 Å². The third-order valence-electron chi connectivity index (χ3n) is 4.17. The van der Waals surface area contributed by atoms with Crippen LogP contribution in [0.15, 0.2) is 0 Å². The molecule has 102 valence electrons. The summed E-state index contributed by atoms with van der Waals surface area (Å²) in [5.41, 5.74) is 2.73. The van der Waals surface area contributed by atoms with Gasteiger partial charge in [0.15, 0.2) is 0 Å². The van der Waals surface area contributed by atoms with Crippen molar-refractivity contribution in [2.75, 3.05) is 0 Å². The van der Waals surface area contributed by atoms with Gasteiger partial charge in [-0.05, 0) is 0 Å². The maximum absolute atomic E-state index is 15.5. The Kier molecular flexibility index (Phi) is 4.67. The van der Waals surface area contributed by atoms with E-state index in [0.717, 1.165) is 17.0 Å². The van der Waals surface area contributed by atoms with Crippen LogP contribution >= 0.6 is 22.6 Å². The number of rotatable bonds is 1. The minimum absolute atomic E-state index is 0.0504. The third-order valence-corrected chi connectivity index (χ3v) is 9.76. The van der Waals surface area contributed by atoms with Crippen molar-refractivity contribution in [3.8, 4) is 0 Å². The average molecular weight is 403 g/mol. The molecule has 0 aliphatic carbocycles. The second kappa shape index (κ2) is 5.28. The van der Waals surface area contributed by atoms with Crippen molar-refractivity contribution in [2.45, 2.75) is 50.0 Å². The van der Waals surface area contributed by atoms with Crippen LogP contribution in [0.4, 0.5) is 4.39 Å². The molecule has 1 aliphatic rings. The molecule has 0 spiro atoms. The quantitative estimate of drug-likeness (QED) is 0.311. The number of halogens is 2. The van der Waals surface area contributed by atoms with E-state index in [0.29, 0.717) is 49.0 Å². The van der Waals surface area contributed by atoms with Crippen LogP contribution in [0.1, 0.15) is 44.6 Å². The topological polar surface area (TPSA) is 21.1 Å². The molecular weight excluding hydrogens is 383 g/mol. The fourth-order valence-corrected chi connectivity index (χ4v) is 6.28. The monoisotopic (exact) mass is 403 g/mol. The van der Waals surface area contributed by atoms with Crippen molar-refractivity contribution in [2.24, 2.45) is 7.05 Å². The second-order valence-electron chi connectivity index (χ2n) is 6.44. The van der Waals surface area contributed by atoms with E-state index in [4.69, 9.17) is 0 Å². The average Bonchev–Trinajstić information content (AvgIpc) is 2.52. The Morgan fingerprint density at radius 1 is 1.42 bits per heavy atom. The molecule has 0 aromatic carbocycles. The molecule has 1 aromatic heterocycles. The van der Waals surface area contributed by atoms with Crippen LogP contribution in [-0.2, 0) is 12.3 Å². The summed E-state index contributed by atoms with van der Waals surface area (Å²) in [4.78, 5) is 2.01. The first-order valence-corrected chi connectivity index (χ1v) is 9.49. The molecule has 0 radical (unpaired) electrons. The van der Waals surface area contributed by atoms with Gasteiger partial charge in [-0.2, -0.15) is 0 Å². The van der Waals surface area contributed by atoms with Gasteiger partial charge in [0.05, 0.1) is 0 Å². The van der Waals surface area contributed by atoms with E-state index in [1.54, 1.807) is 6.92 Å². The van der Waals surface area contributed by atoms with Gasteiger partial charge in [0.1, 0.15) is 0 Å². The Labute approximate surface area is 162 Å². The van der Waals surface area contributed by atoms with Gasteiger partial charge in [-0.1, -0.05) is 0 Å². The fraction of sp³-hybridized carbons (Fsp3) is 0.769. The molecule has 0 bridgehead atoms. The predicted octanol–water partition coefficient (Wildman–Crippen LogP) is 2.74. The van der Waals surface area contributed by atoms with Crippen molar-refractivity contribution < 1.29 is 4.39 Å². The molecule has 2 heterocycles. The van der Waals surface area contributed by atoms with Gasteiger partial charge < -0.3 is 0 Å². The molecule has 2 rings (SSSR count). The van der Waals surface area contributed by atoms with Gasteiger partial charge in [0, 0.05) is 0 Å². The van der Waals surface area contributed by atoms with Crippen molar-refractivity contribution in [1.29, 1.82) is 0 Å². The first-order chi connectivity index (χ1) is 8.52. The number of fused-ring (bicyclic) bond motifs is 1. The summed E-state index contributed by atoms with van der Waals surface area (Å²) < 4.78 is 17.7. The molecule has 0 fully saturated rings. The van der Waals surface area contributed by atoms with Gasteiger partial charge in [-0.3, -0.25) is 0 Å². The molecule has 0 N–H and O–H groups in total. The summed E-state index contributed by atoms with van der Waals surface area (Å²) >= 11 is 2.96. The Balaban J connectivity index is 2.78. The molecule has 1 aliphatic heterocycles. The molecule has 19 heavy (non-hydrogen) atoms. The molecule has 0 amide bonds. The van der Waals surface area contributed by atoms with Crippen molar-refractivity contribution in [1.82, 2.24) is 14.7 Å². The maximum atomic E-state index is 15.5. The Hall–Kier alpha value is 1.47. The Morgan fingerprint density at radius 2 is 1.95 bits per heavy atom. The molecule has 3 unspecified atom stereocenters. The summed E-state index contributed by atoms with van der Waals surface area (Å²) in [6.45, 7) is 10.0. The van der Waals surface area contributed by atoms with Gasteiger partial charge in [0.25, 0.3) is 0 Å². The summed E-state index contributed by atoms with van der Waals surface area (Å²) in [7, 11) is 1.94. The molecular formula is C13H20FIKN3. The second-order valence-corrected chi connectivity index (χ2v) is 10.9. The summed E-state index contributed by atoms with van der Waals surface area (Å²) in [5.74, 6) is -1.44. The van der Waals surface area contributed by atoms with E-state index < -0.39 is 5.79 Å². The van der Waals surface area contributed by atoms with Crippen LogP contribution in [0.2, 0.25) is 0 Å². The van der Waals surface area contributed by atoms with E-state index in [-0.39, 0.29) is 9.60 Å². The molecule has 3 atom stereocenters. The molecule has 0 saturated heterocycles. The van der Waals surface area contributed by atoms with Crippen molar-refractivity contribution in [3.63, 3.8) is 0 Å². The number of aromatic nitrogens is 2. The standard InChI is InChI=1S/C13H20FIN3.K/c1-7(2)18-12(15)8(3)11-10(13(18,5)14)9(4)16-17(11)6;/h7,12H,1-6H3;. The molecule has 1 aromatic rings. The third kappa shape index (κ3) is 2.43. The van der Waals surface area contributed by atoms with Crippen LogP contribution in [0, 0.1) is 6.92 Å². The zero-order chi connectivity index (χ0) is 14.7. The van der Waals surface area contributed by atoms with E-state index >= 15 is 4.39 Å². The van der Waals surface area contributed by atoms with Crippen LogP contribution < -0.4 is 0 Å². The molecule has 3 nitrogen and oxygen atoms in total. The van der Waals surface area contributed by atoms with Gasteiger partial charge in [0.2, 0.25) is 0 Å². The zero-order valence-electron chi connectivity index (χ0n) is 12.8. The van der Waals surface area contributed by atoms with Gasteiger partial charge in [-0.25, -0.2) is 0 Å². The number of hydrogen-bond donors (Lipinski definition) is 0. The normalized spacial score (nSPS) is 35.8. The van der Waals surface area contributed by atoms with Gasteiger partial charge in [-0.15, -0.1) is 0 Å². The SMILES string of the molecule is Cc1nn(C)c2c1C(C)(F)N(C(C)C)C(I)[C]2(C)[K]. The van der Waals surface area contributed by atoms with Crippen LogP contribution in [-0.4, -0.2) is 73.7 Å².